The topological polar surface area (TPSA) is 53.1 Å². The van der Waals surface area contributed by atoms with Crippen molar-refractivity contribution in [2.45, 2.75) is 5.75 Å². The molecule has 0 radical (unpaired) electrons. The molecular formula is C5H5NO2S3. The third-order valence-corrected chi connectivity index (χ3v) is 2.73. The van der Waals surface area contributed by atoms with Crippen LogP contribution < -0.4 is 0 Å². The van der Waals surface area contributed by atoms with E-state index < -0.39 is 5.30 Å². The molecule has 1 aromatic heterocycles. The van der Waals surface area contributed by atoms with Crippen molar-refractivity contribution >= 4 is 40.6 Å². The van der Waals surface area contributed by atoms with Gasteiger partial charge >= 0.3 is 5.30 Å². The Morgan fingerprint density at radius 2 is 2.64 bits per heavy atom. The highest BCUT2D eigenvalue weighted by Gasteiger charge is 1.99. The van der Waals surface area contributed by atoms with Crippen molar-refractivity contribution in [3.05, 3.63) is 15.0 Å². The minimum absolute atomic E-state index is 0.447. The van der Waals surface area contributed by atoms with Gasteiger partial charge in [0.05, 0.1) is 0 Å². The number of H-pyrrole nitrogens is 1. The third kappa shape index (κ3) is 3.04. The van der Waals surface area contributed by atoms with Crippen LogP contribution in [0, 0.1) is 3.95 Å². The molecule has 0 fully saturated rings. The van der Waals surface area contributed by atoms with Crippen molar-refractivity contribution in [1.82, 2.24) is 4.98 Å². The van der Waals surface area contributed by atoms with Gasteiger partial charge in [-0.15, -0.1) is 11.3 Å². The first kappa shape index (κ1) is 8.76. The number of nitrogens with one attached hydrogen (secondary N) is 1. The lowest BCUT2D eigenvalue weighted by atomic mass is 10.6. The summed E-state index contributed by atoms with van der Waals surface area (Å²) in [5, 5.41) is 9.27. The zero-order chi connectivity index (χ0) is 8.27. The first-order chi connectivity index (χ1) is 5.18. The van der Waals surface area contributed by atoms with Crippen molar-refractivity contribution in [3.63, 3.8) is 0 Å². The summed E-state index contributed by atoms with van der Waals surface area (Å²) in [6, 6.07) is 0. The number of aromatic nitrogens is 1. The summed E-state index contributed by atoms with van der Waals surface area (Å²) in [4.78, 5) is 13.0. The van der Waals surface area contributed by atoms with E-state index in [0.717, 1.165) is 17.5 Å². The van der Waals surface area contributed by atoms with E-state index in [0.29, 0.717) is 9.71 Å². The Bertz CT molecular complexity index is 303. The van der Waals surface area contributed by atoms with Crippen LogP contribution in [0.4, 0.5) is 4.79 Å². The molecule has 11 heavy (non-hydrogen) atoms. The molecule has 2 N–H and O–H groups in total. The molecule has 0 atom stereocenters. The molecule has 60 valence electrons. The molecule has 0 aromatic carbocycles. The van der Waals surface area contributed by atoms with Gasteiger partial charge in [0, 0.05) is 16.8 Å². The van der Waals surface area contributed by atoms with E-state index in [1.54, 1.807) is 0 Å². The van der Waals surface area contributed by atoms with Crippen molar-refractivity contribution in [2.24, 2.45) is 0 Å². The zero-order valence-corrected chi connectivity index (χ0v) is 7.81. The molecule has 6 heteroatoms. The smallest absolute Gasteiger partial charge is 0.365 e. The average Bonchev–Trinajstić information content (AvgIpc) is 2.31. The maximum absolute atomic E-state index is 10.1. The van der Waals surface area contributed by atoms with Crippen molar-refractivity contribution in [3.8, 4) is 0 Å². The van der Waals surface area contributed by atoms with E-state index in [1.165, 1.54) is 11.3 Å². The largest absolute Gasteiger partial charge is 0.473 e. The Morgan fingerprint density at radius 1 is 1.91 bits per heavy atom. The predicted molar refractivity (Wildman–Crippen MR) is 48.8 cm³/mol. The summed E-state index contributed by atoms with van der Waals surface area (Å²) < 4.78 is 0.686. The van der Waals surface area contributed by atoms with E-state index in [1.807, 2.05) is 5.38 Å². The summed E-state index contributed by atoms with van der Waals surface area (Å²) in [5.41, 5.74) is 0.868. The van der Waals surface area contributed by atoms with Crippen molar-refractivity contribution < 1.29 is 9.90 Å². The first-order valence-corrected chi connectivity index (χ1v) is 4.98. The lowest BCUT2D eigenvalue weighted by molar-refractivity contribution is 0.222. The summed E-state index contributed by atoms with van der Waals surface area (Å²) in [5.74, 6) is 0.447. The van der Waals surface area contributed by atoms with Gasteiger partial charge in [-0.2, -0.15) is 0 Å². The number of thiazole rings is 1. The molecule has 1 aromatic rings. The number of thioether (sulfide) groups is 1. The molecule has 0 saturated carbocycles. The fraction of sp³-hybridized carbons (Fsp3) is 0.200. The van der Waals surface area contributed by atoms with Crippen LogP contribution in [0.25, 0.3) is 0 Å². The molecule has 1 rings (SSSR count). The molecule has 1 heterocycles. The Hall–Kier alpha value is -0.330. The third-order valence-electron chi connectivity index (χ3n) is 0.922. The average molecular weight is 207 g/mol. The van der Waals surface area contributed by atoms with Crippen LogP contribution in [0.15, 0.2) is 5.38 Å². The van der Waals surface area contributed by atoms with Crippen LogP contribution in [0.3, 0.4) is 0 Å². The number of carbonyl (C=O) groups is 1. The Labute approximate surface area is 76.5 Å². The molecule has 0 aliphatic rings. The van der Waals surface area contributed by atoms with Gasteiger partial charge < -0.3 is 10.1 Å². The predicted octanol–water partition coefficient (Wildman–Crippen LogP) is 2.72. The molecule has 0 amide bonds. The van der Waals surface area contributed by atoms with Gasteiger partial charge in [-0.3, -0.25) is 0 Å². The highest BCUT2D eigenvalue weighted by atomic mass is 32.2. The summed E-state index contributed by atoms with van der Waals surface area (Å²) in [7, 11) is 0. The second-order valence-electron chi connectivity index (χ2n) is 1.73. The van der Waals surface area contributed by atoms with E-state index in [4.69, 9.17) is 17.3 Å². The SMILES string of the molecule is O=C(O)SCc1csc(=S)[nH]1. The van der Waals surface area contributed by atoms with Gasteiger partial charge in [-0.1, -0.05) is 0 Å². The van der Waals surface area contributed by atoms with E-state index in [-0.39, 0.29) is 0 Å². The minimum Gasteiger partial charge on any atom is -0.473 e. The maximum atomic E-state index is 10.1. The van der Waals surface area contributed by atoms with Gasteiger partial charge in [0.25, 0.3) is 0 Å². The molecule has 0 aliphatic heterocycles. The molecule has 0 unspecified atom stereocenters. The summed E-state index contributed by atoms with van der Waals surface area (Å²) in [6.07, 6.45) is 0. The highest BCUT2D eigenvalue weighted by molar-refractivity contribution is 8.12. The Kier molecular flexibility index (Phi) is 3.10. The van der Waals surface area contributed by atoms with Crippen molar-refractivity contribution in [1.29, 1.82) is 0 Å². The van der Waals surface area contributed by atoms with Gasteiger partial charge in [-0.05, 0) is 24.0 Å². The molecule has 3 nitrogen and oxygen atoms in total. The second-order valence-corrected chi connectivity index (χ2v) is 4.20. The van der Waals surface area contributed by atoms with Crippen LogP contribution in [-0.4, -0.2) is 15.4 Å². The molecule has 0 spiro atoms. The van der Waals surface area contributed by atoms with Gasteiger partial charge in [0.15, 0.2) is 3.95 Å². The van der Waals surface area contributed by atoms with Crippen LogP contribution >= 0.6 is 35.3 Å². The normalized spacial score (nSPS) is 9.82. The molecule has 0 aliphatic carbocycles. The quantitative estimate of drug-likeness (QED) is 0.732. The number of rotatable bonds is 2. The van der Waals surface area contributed by atoms with Gasteiger partial charge in [0.1, 0.15) is 0 Å². The fourth-order valence-electron chi connectivity index (χ4n) is 0.524. The lowest BCUT2D eigenvalue weighted by Gasteiger charge is -1.89. The van der Waals surface area contributed by atoms with Crippen LogP contribution in [0.2, 0.25) is 0 Å². The van der Waals surface area contributed by atoms with E-state index in [9.17, 15) is 4.79 Å². The summed E-state index contributed by atoms with van der Waals surface area (Å²) in [6.45, 7) is 0. The number of carboxylic acid groups (broad SMARTS) is 1. The van der Waals surface area contributed by atoms with Crippen molar-refractivity contribution in [2.75, 3.05) is 0 Å². The van der Waals surface area contributed by atoms with Gasteiger partial charge in [-0.25, -0.2) is 4.79 Å². The lowest BCUT2D eigenvalue weighted by Crippen LogP contribution is -1.86. The Balaban J connectivity index is 2.51. The fourth-order valence-corrected chi connectivity index (χ4v) is 1.92. The van der Waals surface area contributed by atoms with E-state index >= 15 is 0 Å². The van der Waals surface area contributed by atoms with E-state index in [2.05, 4.69) is 4.98 Å². The molecule has 0 saturated heterocycles. The molecular weight excluding hydrogens is 202 g/mol. The standard InChI is InChI=1S/C5H5NO2S3/c7-5(8)11-2-3-1-10-4(9)6-3/h1H,2H2,(H,6,9)(H,7,8). The van der Waals surface area contributed by atoms with Crippen LogP contribution in [-0.2, 0) is 5.75 Å². The van der Waals surface area contributed by atoms with Crippen LogP contribution in [0.1, 0.15) is 5.69 Å². The maximum Gasteiger partial charge on any atom is 0.365 e. The molecule has 0 bridgehead atoms. The minimum atomic E-state index is -0.865. The monoisotopic (exact) mass is 207 g/mol. The van der Waals surface area contributed by atoms with Gasteiger partial charge in [0.2, 0.25) is 0 Å². The second kappa shape index (κ2) is 3.89. The number of aromatic amines is 1. The van der Waals surface area contributed by atoms with Crippen LogP contribution in [0.5, 0.6) is 0 Å². The number of hydrogen-bond donors (Lipinski definition) is 2. The Morgan fingerprint density at radius 3 is 3.09 bits per heavy atom. The zero-order valence-electron chi connectivity index (χ0n) is 5.36. The summed E-state index contributed by atoms with van der Waals surface area (Å²) >= 11 is 7.07. The highest BCUT2D eigenvalue weighted by Crippen LogP contribution is 2.13. The number of hydrogen-bond acceptors (Lipinski definition) is 4. The first-order valence-electron chi connectivity index (χ1n) is 2.71.